The van der Waals surface area contributed by atoms with Crippen molar-refractivity contribution in [2.24, 2.45) is 21.7 Å². The summed E-state index contributed by atoms with van der Waals surface area (Å²) in [6, 6.07) is 5.60. The van der Waals surface area contributed by atoms with Crippen LogP contribution in [0.25, 0.3) is 0 Å². The molecule has 5 atom stereocenters. The van der Waals surface area contributed by atoms with Crippen LogP contribution in [0, 0.1) is 21.7 Å². The molecule has 13 nitrogen and oxygen atoms in total. The molecule has 1 rings (SSSR count). The van der Waals surface area contributed by atoms with E-state index in [4.69, 9.17) is 35.9 Å². The Bertz CT molecular complexity index is 1580. The van der Waals surface area contributed by atoms with Crippen molar-refractivity contribution in [2.45, 2.75) is 123 Å². The lowest BCUT2D eigenvalue weighted by Gasteiger charge is -2.45. The summed E-state index contributed by atoms with van der Waals surface area (Å²) in [5, 5.41) is 12.2. The fraction of sp³-hybridized carbons (Fsp3) is 0.750. The molecule has 0 saturated heterocycles. The number of esters is 4. The standard InChI is InChI=1S/C44H72N2O11S5/c1-12-16-23-54-37(51)42(7,30-41(6,36(50)55-24-22-46(9)10)29-40(5,14-3)35(49)56-26-25-53-11)31-44(20-13-2,34(47)48)32-43(8,61-39(58)59-15-4)38(52)57-27-28-60-62-33-19-17-18-21-45-33/h17-19,21H,12-16,20,22-32H2,1-11H3,(H,47,48). The number of rotatable bonds is 32. The van der Waals surface area contributed by atoms with Gasteiger partial charge in [0.25, 0.3) is 0 Å². The van der Waals surface area contributed by atoms with Gasteiger partial charge in [0.05, 0.1) is 34.9 Å². The van der Waals surface area contributed by atoms with Crippen LogP contribution in [0.3, 0.4) is 0 Å². The van der Waals surface area contributed by atoms with Gasteiger partial charge in [-0.05, 0) is 115 Å². The highest BCUT2D eigenvalue weighted by Gasteiger charge is 2.57. The summed E-state index contributed by atoms with van der Waals surface area (Å²) in [5.41, 5.74) is -6.08. The van der Waals surface area contributed by atoms with E-state index in [0.717, 1.165) is 23.2 Å². The maximum atomic E-state index is 14.7. The molecule has 0 radical (unpaired) electrons. The summed E-state index contributed by atoms with van der Waals surface area (Å²) in [6.07, 6.45) is 2.92. The third-order valence-corrected chi connectivity index (χ3v) is 15.5. The molecule has 0 aromatic carbocycles. The number of nitrogens with zero attached hydrogens (tertiary/aromatic N) is 2. The molecule has 1 aromatic heterocycles. The summed E-state index contributed by atoms with van der Waals surface area (Å²) < 4.78 is 27.3. The monoisotopic (exact) mass is 964 g/mol. The molecular formula is C44H72N2O11S5. The number of carbonyl (C=O) groups excluding carboxylic acids is 4. The van der Waals surface area contributed by atoms with E-state index in [1.807, 2.05) is 64.9 Å². The second-order valence-corrected chi connectivity index (χ2v) is 23.3. The number of unbranched alkanes of at least 4 members (excludes halogenated alkanes) is 1. The van der Waals surface area contributed by atoms with E-state index >= 15 is 0 Å². The normalized spacial score (nSPS) is 16.4. The van der Waals surface area contributed by atoms with Gasteiger partial charge < -0.3 is 33.7 Å². The fourth-order valence-corrected chi connectivity index (χ4v) is 12.4. The lowest BCUT2D eigenvalue weighted by molar-refractivity contribution is -0.173. The van der Waals surface area contributed by atoms with Gasteiger partial charge >= 0.3 is 29.8 Å². The zero-order valence-corrected chi connectivity index (χ0v) is 42.9. The second kappa shape index (κ2) is 28.7. The maximum Gasteiger partial charge on any atom is 0.322 e. The van der Waals surface area contributed by atoms with Crippen LogP contribution in [0.15, 0.2) is 29.4 Å². The van der Waals surface area contributed by atoms with Crippen LogP contribution in [-0.4, -0.2) is 125 Å². The molecule has 0 spiro atoms. The number of thiocarbonyl (C=S) groups is 1. The molecule has 1 heterocycles. The number of carboxylic acid groups (broad SMARTS) is 1. The minimum atomic E-state index is -1.72. The van der Waals surface area contributed by atoms with E-state index in [-0.39, 0.29) is 65.1 Å². The Hall–Kier alpha value is -2.09. The number of pyridine rings is 1. The van der Waals surface area contributed by atoms with Crippen molar-refractivity contribution in [3.05, 3.63) is 24.4 Å². The average Bonchev–Trinajstić information content (AvgIpc) is 3.20. The topological polar surface area (TPSA) is 168 Å². The fourth-order valence-electron chi connectivity index (χ4n) is 7.52. The number of carbonyl (C=O) groups is 5. The van der Waals surface area contributed by atoms with Crippen molar-refractivity contribution >= 4 is 90.7 Å². The number of thioether (sulfide) groups is 2. The van der Waals surface area contributed by atoms with E-state index in [9.17, 15) is 29.1 Å². The lowest BCUT2D eigenvalue weighted by Crippen LogP contribution is -2.50. The number of carboxylic acids is 1. The van der Waals surface area contributed by atoms with Gasteiger partial charge in [0.2, 0.25) is 0 Å². The number of likely N-dealkylation sites (N-methyl/N-ethyl adjacent to an activating group) is 1. The first-order chi connectivity index (χ1) is 29.1. The van der Waals surface area contributed by atoms with E-state index in [1.165, 1.54) is 40.5 Å². The summed E-state index contributed by atoms with van der Waals surface area (Å²) in [4.78, 5) is 77.3. The summed E-state index contributed by atoms with van der Waals surface area (Å²) in [7, 11) is 8.11. The summed E-state index contributed by atoms with van der Waals surface area (Å²) in [6.45, 7) is 15.0. The highest BCUT2D eigenvalue weighted by Crippen LogP contribution is 2.54. The highest BCUT2D eigenvalue weighted by molar-refractivity contribution is 8.76. The van der Waals surface area contributed by atoms with Gasteiger partial charge in [0, 0.05) is 25.6 Å². The molecule has 0 bridgehead atoms. The van der Waals surface area contributed by atoms with Crippen molar-refractivity contribution < 1.29 is 52.8 Å². The van der Waals surface area contributed by atoms with Crippen molar-refractivity contribution in [1.82, 2.24) is 9.88 Å². The molecule has 0 aliphatic heterocycles. The molecule has 0 fully saturated rings. The molecule has 1 aromatic rings. The minimum Gasteiger partial charge on any atom is -0.481 e. The van der Waals surface area contributed by atoms with Crippen LogP contribution in [-0.2, 0) is 47.7 Å². The van der Waals surface area contributed by atoms with E-state index < -0.39 is 56.3 Å². The number of methoxy groups -OCH3 is 1. The number of ether oxygens (including phenoxy) is 5. The number of aliphatic carboxylic acids is 1. The van der Waals surface area contributed by atoms with Gasteiger partial charge in [0.15, 0.2) is 0 Å². The van der Waals surface area contributed by atoms with Crippen LogP contribution in [0.5, 0.6) is 0 Å². The van der Waals surface area contributed by atoms with Crippen LogP contribution in [0.2, 0.25) is 0 Å². The van der Waals surface area contributed by atoms with Crippen LogP contribution < -0.4 is 0 Å². The molecular weight excluding hydrogens is 893 g/mol. The van der Waals surface area contributed by atoms with Crippen LogP contribution >= 0.6 is 57.3 Å². The zero-order valence-electron chi connectivity index (χ0n) is 38.8. The first-order valence-corrected chi connectivity index (χ1v) is 25.8. The van der Waals surface area contributed by atoms with Crippen molar-refractivity contribution in [3.63, 3.8) is 0 Å². The predicted molar refractivity (Wildman–Crippen MR) is 257 cm³/mol. The second-order valence-electron chi connectivity index (χ2n) is 16.9. The minimum absolute atomic E-state index is 0.0108. The van der Waals surface area contributed by atoms with Gasteiger partial charge in [-0.3, -0.25) is 24.0 Å². The summed E-state index contributed by atoms with van der Waals surface area (Å²) in [5.74, 6) is -2.61. The highest BCUT2D eigenvalue weighted by atomic mass is 33.1. The molecule has 0 amide bonds. The smallest absolute Gasteiger partial charge is 0.322 e. The molecule has 62 heavy (non-hydrogen) atoms. The van der Waals surface area contributed by atoms with Gasteiger partial charge in [-0.1, -0.05) is 81.4 Å². The van der Waals surface area contributed by atoms with Crippen molar-refractivity contribution in [3.8, 4) is 0 Å². The van der Waals surface area contributed by atoms with Gasteiger partial charge in [-0.15, -0.1) is 11.8 Å². The Morgan fingerprint density at radius 2 is 1.35 bits per heavy atom. The van der Waals surface area contributed by atoms with E-state index in [1.54, 1.807) is 33.9 Å². The molecule has 0 aliphatic carbocycles. The molecule has 18 heteroatoms. The third kappa shape index (κ3) is 19.2. The number of hydrogen-bond acceptors (Lipinski definition) is 17. The van der Waals surface area contributed by atoms with Gasteiger partial charge in [0.1, 0.15) is 33.1 Å². The first-order valence-electron chi connectivity index (χ1n) is 21.3. The average molecular weight is 965 g/mol. The van der Waals surface area contributed by atoms with E-state index in [0.29, 0.717) is 40.8 Å². The van der Waals surface area contributed by atoms with Crippen LogP contribution in [0.4, 0.5) is 0 Å². The Kier molecular flexibility index (Phi) is 26.9. The first kappa shape index (κ1) is 57.9. The Morgan fingerprint density at radius 1 is 0.758 bits per heavy atom. The predicted octanol–water partition coefficient (Wildman–Crippen LogP) is 9.39. The molecule has 0 saturated carbocycles. The Balaban J connectivity index is 3.91. The molecule has 0 aliphatic rings. The largest absolute Gasteiger partial charge is 0.481 e. The number of aromatic nitrogens is 1. The summed E-state index contributed by atoms with van der Waals surface area (Å²) >= 11 is 8.17. The number of hydrogen-bond donors (Lipinski definition) is 1. The molecule has 5 unspecified atom stereocenters. The van der Waals surface area contributed by atoms with Crippen molar-refractivity contribution in [1.29, 1.82) is 0 Å². The van der Waals surface area contributed by atoms with Gasteiger partial charge in [-0.25, -0.2) is 4.98 Å². The zero-order chi connectivity index (χ0) is 47.0. The quantitative estimate of drug-likeness (QED) is 0.0238. The molecule has 354 valence electrons. The van der Waals surface area contributed by atoms with Crippen molar-refractivity contribution in [2.75, 3.05) is 72.3 Å². The SMILES string of the molecule is CCCCOC(=O)C(C)(CC(C)(CC(C)(CC)C(=O)OCCOC)C(=O)OCCN(C)C)CC(CCC)(CC(C)(SC(=S)SCC)C(=O)OCCSSc1ccccn1)C(=O)O. The van der Waals surface area contributed by atoms with E-state index in [2.05, 4.69) is 4.98 Å². The Morgan fingerprint density at radius 3 is 1.90 bits per heavy atom. The van der Waals surface area contributed by atoms with Crippen LogP contribution in [0.1, 0.15) is 113 Å². The maximum absolute atomic E-state index is 14.7. The van der Waals surface area contributed by atoms with Gasteiger partial charge in [-0.2, -0.15) is 0 Å². The third-order valence-electron chi connectivity index (χ3n) is 10.6. The molecule has 1 N–H and O–H groups in total. The Labute approximate surface area is 392 Å². The lowest BCUT2D eigenvalue weighted by atomic mass is 9.59.